The lowest BCUT2D eigenvalue weighted by atomic mass is 10.0. The van der Waals surface area contributed by atoms with Crippen LogP contribution in [-0.4, -0.2) is 7.11 Å². The Balaban J connectivity index is 2.42. The van der Waals surface area contributed by atoms with Gasteiger partial charge in [0, 0.05) is 0 Å². The molecule has 0 bridgehead atoms. The summed E-state index contributed by atoms with van der Waals surface area (Å²) in [5.41, 5.74) is 10.2. The van der Waals surface area contributed by atoms with Gasteiger partial charge in [0.2, 0.25) is 0 Å². The second kappa shape index (κ2) is 4.91. The number of benzene rings is 2. The van der Waals surface area contributed by atoms with E-state index in [-0.39, 0.29) is 0 Å². The molecule has 0 atom stereocenters. The van der Waals surface area contributed by atoms with Crippen molar-refractivity contribution in [1.29, 1.82) is 0 Å². The first kappa shape index (κ1) is 11.5. The Morgan fingerprint density at radius 2 is 1.82 bits per heavy atom. The Kier molecular flexibility index (Phi) is 3.33. The molecular formula is C15H17NO. The third-order valence-electron chi connectivity index (χ3n) is 2.90. The minimum Gasteiger partial charge on any atom is -0.495 e. The Morgan fingerprint density at radius 1 is 1.06 bits per heavy atom. The molecule has 0 amide bonds. The third-order valence-corrected chi connectivity index (χ3v) is 2.90. The normalized spacial score (nSPS) is 10.2. The highest BCUT2D eigenvalue weighted by Crippen LogP contribution is 2.28. The fraction of sp³-hybridized carbons (Fsp3) is 0.200. The molecule has 2 nitrogen and oxygen atoms in total. The van der Waals surface area contributed by atoms with Gasteiger partial charge in [-0.05, 0) is 35.2 Å². The number of anilines is 1. The van der Waals surface area contributed by atoms with Gasteiger partial charge in [0.15, 0.2) is 0 Å². The van der Waals surface area contributed by atoms with Crippen LogP contribution in [0.15, 0.2) is 42.5 Å². The standard InChI is InChI=1S/C15H17NO/c1-3-11-5-4-6-12(9-11)13-7-8-15(17-2)14(16)10-13/h4-10H,3,16H2,1-2H3. The summed E-state index contributed by atoms with van der Waals surface area (Å²) in [4.78, 5) is 0. The van der Waals surface area contributed by atoms with Crippen molar-refractivity contribution < 1.29 is 4.74 Å². The SMILES string of the molecule is CCc1cccc(-c2ccc(OC)c(N)c2)c1. The molecule has 0 spiro atoms. The van der Waals surface area contributed by atoms with Crippen LogP contribution in [0.1, 0.15) is 12.5 Å². The number of hydrogen-bond donors (Lipinski definition) is 1. The van der Waals surface area contributed by atoms with E-state index in [4.69, 9.17) is 10.5 Å². The summed E-state index contributed by atoms with van der Waals surface area (Å²) in [6.45, 7) is 2.15. The molecule has 2 aromatic carbocycles. The molecule has 88 valence electrons. The van der Waals surface area contributed by atoms with E-state index in [2.05, 4.69) is 31.2 Å². The molecule has 2 N–H and O–H groups in total. The van der Waals surface area contributed by atoms with Gasteiger partial charge in [-0.2, -0.15) is 0 Å². The maximum absolute atomic E-state index is 5.91. The van der Waals surface area contributed by atoms with Gasteiger partial charge >= 0.3 is 0 Å². The molecule has 0 aliphatic rings. The number of methoxy groups -OCH3 is 1. The Hall–Kier alpha value is -1.96. The number of aryl methyl sites for hydroxylation is 1. The average molecular weight is 227 g/mol. The van der Waals surface area contributed by atoms with Gasteiger partial charge in [0.05, 0.1) is 12.8 Å². The van der Waals surface area contributed by atoms with Crippen molar-refractivity contribution in [3.8, 4) is 16.9 Å². The van der Waals surface area contributed by atoms with Crippen LogP contribution < -0.4 is 10.5 Å². The maximum atomic E-state index is 5.91. The molecule has 0 aromatic heterocycles. The molecule has 0 aliphatic carbocycles. The summed E-state index contributed by atoms with van der Waals surface area (Å²) in [5, 5.41) is 0. The molecule has 2 aromatic rings. The molecule has 0 aliphatic heterocycles. The first-order chi connectivity index (χ1) is 8.24. The zero-order valence-electron chi connectivity index (χ0n) is 10.2. The Labute approximate surface area is 102 Å². The molecule has 0 saturated carbocycles. The molecule has 17 heavy (non-hydrogen) atoms. The Bertz CT molecular complexity index is 520. The zero-order chi connectivity index (χ0) is 12.3. The van der Waals surface area contributed by atoms with Gasteiger partial charge in [-0.3, -0.25) is 0 Å². The Morgan fingerprint density at radius 3 is 2.47 bits per heavy atom. The fourth-order valence-corrected chi connectivity index (χ4v) is 1.88. The summed E-state index contributed by atoms with van der Waals surface area (Å²) in [6.07, 6.45) is 1.04. The predicted octanol–water partition coefficient (Wildman–Crippen LogP) is 3.51. The molecule has 0 fully saturated rings. The van der Waals surface area contributed by atoms with Gasteiger partial charge in [0.1, 0.15) is 5.75 Å². The maximum Gasteiger partial charge on any atom is 0.141 e. The van der Waals surface area contributed by atoms with E-state index >= 15 is 0 Å². The topological polar surface area (TPSA) is 35.2 Å². The molecule has 0 saturated heterocycles. The van der Waals surface area contributed by atoms with Crippen molar-refractivity contribution >= 4 is 5.69 Å². The largest absolute Gasteiger partial charge is 0.495 e. The lowest BCUT2D eigenvalue weighted by Crippen LogP contribution is -1.92. The summed E-state index contributed by atoms with van der Waals surface area (Å²) < 4.78 is 5.16. The highest BCUT2D eigenvalue weighted by molar-refractivity contribution is 5.71. The minimum absolute atomic E-state index is 0.673. The average Bonchev–Trinajstić information content (AvgIpc) is 2.38. The highest BCUT2D eigenvalue weighted by Gasteiger charge is 2.03. The van der Waals surface area contributed by atoms with Crippen LogP contribution in [0.25, 0.3) is 11.1 Å². The van der Waals surface area contributed by atoms with Crippen LogP contribution in [-0.2, 0) is 6.42 Å². The predicted molar refractivity (Wildman–Crippen MR) is 72.2 cm³/mol. The van der Waals surface area contributed by atoms with Crippen molar-refractivity contribution in [2.45, 2.75) is 13.3 Å². The molecule has 0 heterocycles. The summed E-state index contributed by atoms with van der Waals surface area (Å²) >= 11 is 0. The quantitative estimate of drug-likeness (QED) is 0.814. The minimum atomic E-state index is 0.673. The van der Waals surface area contributed by atoms with E-state index < -0.39 is 0 Å². The highest BCUT2D eigenvalue weighted by atomic mass is 16.5. The number of ether oxygens (including phenoxy) is 1. The third kappa shape index (κ3) is 2.41. The van der Waals surface area contributed by atoms with Crippen molar-refractivity contribution in [3.05, 3.63) is 48.0 Å². The number of hydrogen-bond acceptors (Lipinski definition) is 2. The van der Waals surface area contributed by atoms with Crippen LogP contribution in [0.3, 0.4) is 0 Å². The molecular weight excluding hydrogens is 210 g/mol. The summed E-state index contributed by atoms with van der Waals surface area (Å²) in [5.74, 6) is 0.723. The van der Waals surface area contributed by atoms with Crippen LogP contribution in [0, 0.1) is 0 Å². The monoisotopic (exact) mass is 227 g/mol. The number of nitrogens with two attached hydrogens (primary N) is 1. The smallest absolute Gasteiger partial charge is 0.141 e. The second-order valence-corrected chi connectivity index (χ2v) is 4.01. The first-order valence-electron chi connectivity index (χ1n) is 5.77. The van der Waals surface area contributed by atoms with Gasteiger partial charge in [-0.25, -0.2) is 0 Å². The number of nitrogen functional groups attached to an aromatic ring is 1. The van der Waals surface area contributed by atoms with E-state index in [1.54, 1.807) is 7.11 Å². The summed E-state index contributed by atoms with van der Waals surface area (Å²) in [6, 6.07) is 14.4. The van der Waals surface area contributed by atoms with Gasteiger partial charge in [0.25, 0.3) is 0 Å². The second-order valence-electron chi connectivity index (χ2n) is 4.01. The van der Waals surface area contributed by atoms with Gasteiger partial charge < -0.3 is 10.5 Å². The molecule has 2 rings (SSSR count). The van der Waals surface area contributed by atoms with Crippen molar-refractivity contribution in [2.24, 2.45) is 0 Å². The molecule has 0 radical (unpaired) electrons. The lowest BCUT2D eigenvalue weighted by Gasteiger charge is -2.08. The van der Waals surface area contributed by atoms with Crippen LogP contribution in [0.4, 0.5) is 5.69 Å². The summed E-state index contributed by atoms with van der Waals surface area (Å²) in [7, 11) is 1.63. The van der Waals surface area contributed by atoms with E-state index in [1.165, 1.54) is 11.1 Å². The van der Waals surface area contributed by atoms with Crippen LogP contribution >= 0.6 is 0 Å². The van der Waals surface area contributed by atoms with Crippen molar-refractivity contribution in [3.63, 3.8) is 0 Å². The van der Waals surface area contributed by atoms with Crippen molar-refractivity contribution in [1.82, 2.24) is 0 Å². The fourth-order valence-electron chi connectivity index (χ4n) is 1.88. The van der Waals surface area contributed by atoms with Gasteiger partial charge in [-0.1, -0.05) is 37.3 Å². The van der Waals surface area contributed by atoms with E-state index in [9.17, 15) is 0 Å². The lowest BCUT2D eigenvalue weighted by molar-refractivity contribution is 0.417. The van der Waals surface area contributed by atoms with Gasteiger partial charge in [-0.15, -0.1) is 0 Å². The number of rotatable bonds is 3. The van der Waals surface area contributed by atoms with E-state index in [1.807, 2.05) is 18.2 Å². The zero-order valence-corrected chi connectivity index (χ0v) is 10.2. The molecule has 2 heteroatoms. The molecule has 0 unspecified atom stereocenters. The van der Waals surface area contributed by atoms with Crippen molar-refractivity contribution in [2.75, 3.05) is 12.8 Å². The van der Waals surface area contributed by atoms with Crippen LogP contribution in [0.5, 0.6) is 5.75 Å². The van der Waals surface area contributed by atoms with E-state index in [0.717, 1.165) is 17.7 Å². The van der Waals surface area contributed by atoms with Crippen LogP contribution in [0.2, 0.25) is 0 Å². The first-order valence-corrected chi connectivity index (χ1v) is 5.77. The van der Waals surface area contributed by atoms with E-state index in [0.29, 0.717) is 5.69 Å².